The molecule has 0 radical (unpaired) electrons. The smallest absolute Gasteiger partial charge is 1.00 e. The van der Waals surface area contributed by atoms with Crippen LogP contribution >= 0.6 is 0 Å². The molecule has 1 N–H and O–H groups in total. The van der Waals surface area contributed by atoms with E-state index in [1.165, 1.54) is 21.5 Å². The van der Waals surface area contributed by atoms with Gasteiger partial charge in [-0.1, -0.05) is 56.0 Å². The molecule has 0 bridgehead atoms. The van der Waals surface area contributed by atoms with Crippen molar-refractivity contribution in [2.24, 2.45) is 0 Å². The molecule has 0 atom stereocenters. The van der Waals surface area contributed by atoms with E-state index in [0.29, 0.717) is 6.54 Å². The van der Waals surface area contributed by atoms with Gasteiger partial charge in [-0.05, 0) is 19.6 Å². The number of halogens is 2. The molecule has 3 rings (SSSR count). The summed E-state index contributed by atoms with van der Waals surface area (Å²) in [6.45, 7) is 11.2. The molecule has 0 aliphatic rings. The Kier molecular flexibility index (Phi) is 14.1. The van der Waals surface area contributed by atoms with Gasteiger partial charge in [0.15, 0.2) is 0 Å². The van der Waals surface area contributed by atoms with Crippen LogP contribution in [0, 0.1) is 0 Å². The third-order valence-electron chi connectivity index (χ3n) is 3.67. The Morgan fingerprint density at radius 2 is 1.33 bits per heavy atom. The van der Waals surface area contributed by atoms with Crippen molar-refractivity contribution in [1.82, 2.24) is 0 Å². The van der Waals surface area contributed by atoms with Gasteiger partial charge in [0.05, 0.1) is 0 Å². The summed E-state index contributed by atoms with van der Waals surface area (Å²) in [6, 6.07) is 19.3. The Bertz CT molecular complexity index is 805. The number of nitrogens with one attached hydrogen (secondary N) is 1. The van der Waals surface area contributed by atoms with E-state index in [4.69, 9.17) is 10.2 Å². The van der Waals surface area contributed by atoms with E-state index in [0.717, 1.165) is 5.35 Å². The Morgan fingerprint density at radius 1 is 0.926 bits per heavy atom. The van der Waals surface area contributed by atoms with E-state index < -0.39 is 16.7 Å². The standard InChI is InChI=1S/C13H9.C7H18NOSi2.2ClH.Zr/c1-3-7-12-10(5-1)9-11-6-2-4-8-13(11)12;1-10(2)7(6-8)9-11(3,4)5;;;/h1-9H;8H,6H2,1-5H3;2*1H;/q2*-1;;;+4/p-2. The van der Waals surface area contributed by atoms with Crippen LogP contribution in [-0.2, 0) is 30.6 Å². The molecule has 0 amide bonds. The van der Waals surface area contributed by atoms with Crippen molar-refractivity contribution >= 4 is 43.6 Å². The van der Waals surface area contributed by atoms with E-state index in [1.807, 2.05) is 0 Å². The molecule has 0 heterocycles. The second-order valence-electron chi connectivity index (χ2n) is 7.13. The molecule has 0 aromatic heterocycles. The van der Waals surface area contributed by atoms with E-state index in [-0.39, 0.29) is 51.0 Å². The van der Waals surface area contributed by atoms with Gasteiger partial charge in [0, 0.05) is 13.8 Å². The predicted molar refractivity (Wildman–Crippen MR) is 113 cm³/mol. The summed E-state index contributed by atoms with van der Waals surface area (Å²) in [6.07, 6.45) is 0. The van der Waals surface area contributed by atoms with Crippen LogP contribution in [0.1, 0.15) is 0 Å². The Morgan fingerprint density at radius 3 is 1.63 bits per heavy atom. The molecule has 0 aliphatic heterocycles. The SMILES string of the molecule is C[Si](C)=C(C[NH-])O[Si](C)(C)C.[Cl-].[Cl-].[Zr+4].c1ccc2c(c1)[cH-]c1ccccc12. The molecule has 0 spiro atoms. The van der Waals surface area contributed by atoms with Gasteiger partial charge >= 0.3 is 26.2 Å². The second kappa shape index (κ2) is 13.1. The number of rotatable bonds is 3. The minimum absolute atomic E-state index is 0. The van der Waals surface area contributed by atoms with Crippen molar-refractivity contribution in [1.29, 1.82) is 0 Å². The quantitative estimate of drug-likeness (QED) is 0.359. The van der Waals surface area contributed by atoms with E-state index in [1.54, 1.807) is 0 Å². The van der Waals surface area contributed by atoms with Crippen LogP contribution < -0.4 is 24.8 Å². The Hall–Kier alpha value is -0.163. The zero-order valence-electron chi connectivity index (χ0n) is 16.6. The van der Waals surface area contributed by atoms with Crippen LogP contribution in [0.15, 0.2) is 54.6 Å². The molecule has 0 fully saturated rings. The van der Waals surface area contributed by atoms with Crippen LogP contribution in [0.25, 0.3) is 27.3 Å². The first kappa shape index (κ1) is 29.0. The molecular weight excluding hydrogens is 489 g/mol. The maximum atomic E-state index is 7.26. The minimum atomic E-state index is -1.44. The van der Waals surface area contributed by atoms with Crippen molar-refractivity contribution in [3.63, 3.8) is 0 Å². The Labute approximate surface area is 197 Å². The number of hydrogen-bond acceptors (Lipinski definition) is 1. The van der Waals surface area contributed by atoms with Gasteiger partial charge < -0.3 is 35.0 Å². The van der Waals surface area contributed by atoms with Crippen LogP contribution in [0.5, 0.6) is 0 Å². The molecule has 7 heteroatoms. The first-order valence-electron chi connectivity index (χ1n) is 8.35. The van der Waals surface area contributed by atoms with Crippen molar-refractivity contribution in [3.8, 4) is 0 Å². The van der Waals surface area contributed by atoms with Crippen molar-refractivity contribution in [2.75, 3.05) is 6.54 Å². The number of hydrogen-bond donors (Lipinski definition) is 0. The topological polar surface area (TPSA) is 33.0 Å². The average molecular weight is 516 g/mol. The number of fused-ring (bicyclic) bond motifs is 3. The van der Waals surface area contributed by atoms with Crippen LogP contribution in [0.3, 0.4) is 0 Å². The largest absolute Gasteiger partial charge is 4.00 e. The molecule has 0 saturated carbocycles. The molecule has 27 heavy (non-hydrogen) atoms. The van der Waals surface area contributed by atoms with Crippen LogP contribution in [0.2, 0.25) is 32.7 Å². The van der Waals surface area contributed by atoms with Gasteiger partial charge in [-0.3, -0.25) is 0 Å². The third kappa shape index (κ3) is 8.80. The minimum Gasteiger partial charge on any atom is -1.00 e. The van der Waals surface area contributed by atoms with Crippen molar-refractivity contribution in [2.45, 2.75) is 32.7 Å². The van der Waals surface area contributed by atoms with Gasteiger partial charge in [0.25, 0.3) is 0 Å². The fourth-order valence-corrected chi connectivity index (χ4v) is 5.49. The van der Waals surface area contributed by atoms with E-state index >= 15 is 0 Å². The van der Waals surface area contributed by atoms with Gasteiger partial charge in [-0.2, -0.15) is 0 Å². The fraction of sp³-hybridized carbons (Fsp3) is 0.300. The average Bonchev–Trinajstić information content (AvgIpc) is 2.91. The molecule has 0 aliphatic carbocycles. The summed E-state index contributed by atoms with van der Waals surface area (Å²) in [5.41, 5.74) is 7.26. The van der Waals surface area contributed by atoms with Crippen molar-refractivity contribution in [3.05, 3.63) is 60.3 Å². The van der Waals surface area contributed by atoms with Crippen LogP contribution in [-0.4, -0.2) is 28.6 Å². The van der Waals surface area contributed by atoms with Crippen LogP contribution in [0.4, 0.5) is 0 Å². The first-order chi connectivity index (χ1) is 11.3. The monoisotopic (exact) mass is 513 g/mol. The molecule has 2 nitrogen and oxygen atoms in total. The van der Waals surface area contributed by atoms with Gasteiger partial charge in [0.2, 0.25) is 8.32 Å². The summed E-state index contributed by atoms with van der Waals surface area (Å²) in [5.74, 6) is 0. The molecular formula is C20H27Cl2NOSi2Zr. The first-order valence-corrected chi connectivity index (χ1v) is 14.3. The molecule has 3 aromatic carbocycles. The van der Waals surface area contributed by atoms with E-state index in [9.17, 15) is 0 Å². The Balaban J connectivity index is 0. The van der Waals surface area contributed by atoms with E-state index in [2.05, 4.69) is 87.3 Å². The summed E-state index contributed by atoms with van der Waals surface area (Å²) < 4.78 is 5.76. The molecule has 3 aromatic rings. The normalized spacial score (nSPS) is 9.85. The maximum Gasteiger partial charge on any atom is 4.00 e. The summed E-state index contributed by atoms with van der Waals surface area (Å²) in [5, 5.41) is 6.43. The van der Waals surface area contributed by atoms with Gasteiger partial charge in [-0.25, -0.2) is 0 Å². The second-order valence-corrected chi connectivity index (χ2v) is 14.1. The summed E-state index contributed by atoms with van der Waals surface area (Å²) in [7, 11) is -1.95. The van der Waals surface area contributed by atoms with Gasteiger partial charge in [0.1, 0.15) is 0 Å². The fourth-order valence-electron chi connectivity index (χ4n) is 2.59. The maximum absolute atomic E-state index is 7.26. The summed E-state index contributed by atoms with van der Waals surface area (Å²) >= 11 is 0. The van der Waals surface area contributed by atoms with Gasteiger partial charge in [-0.15, -0.1) is 39.7 Å². The molecule has 0 unspecified atom stereocenters. The zero-order valence-corrected chi connectivity index (χ0v) is 22.5. The predicted octanol–water partition coefficient (Wildman–Crippen LogP) is 0.0735. The zero-order chi connectivity index (χ0) is 17.7. The number of benzene rings is 2. The van der Waals surface area contributed by atoms with Crippen molar-refractivity contribution < 1.29 is 55.4 Å². The third-order valence-corrected chi connectivity index (χ3v) is 6.13. The molecule has 144 valence electrons. The molecule has 0 saturated heterocycles. The summed E-state index contributed by atoms with van der Waals surface area (Å²) in [4.78, 5) is 0.